The van der Waals surface area contributed by atoms with Crippen LogP contribution in [0.4, 0.5) is 5.69 Å². The molecule has 4 nitrogen and oxygen atoms in total. The van der Waals surface area contributed by atoms with Crippen LogP contribution in [-0.2, 0) is 17.8 Å². The number of hydrogen-bond donors (Lipinski definition) is 2. The van der Waals surface area contributed by atoms with Crippen LogP contribution in [0.5, 0.6) is 0 Å². The average Bonchev–Trinajstić information content (AvgIpc) is 2.55. The van der Waals surface area contributed by atoms with E-state index >= 15 is 0 Å². The van der Waals surface area contributed by atoms with Gasteiger partial charge >= 0.3 is 0 Å². The highest BCUT2D eigenvalue weighted by atomic mass is 16.1. The largest absolute Gasteiger partial charge is 0.385 e. The van der Waals surface area contributed by atoms with Crippen LogP contribution in [0.2, 0.25) is 0 Å². The van der Waals surface area contributed by atoms with Crippen LogP contribution in [0.1, 0.15) is 31.4 Å². The van der Waals surface area contributed by atoms with Crippen molar-refractivity contribution >= 4 is 11.6 Å². The molecule has 0 radical (unpaired) electrons. The predicted molar refractivity (Wildman–Crippen MR) is 94.2 cm³/mol. The van der Waals surface area contributed by atoms with Crippen molar-refractivity contribution in [1.82, 2.24) is 10.3 Å². The molecular formula is C19H25N3O. The monoisotopic (exact) mass is 311 g/mol. The lowest BCUT2D eigenvalue weighted by Crippen LogP contribution is -2.24. The summed E-state index contributed by atoms with van der Waals surface area (Å²) in [6, 6.07) is 11.9. The molecule has 0 spiro atoms. The van der Waals surface area contributed by atoms with Crippen LogP contribution in [0.15, 0.2) is 48.8 Å². The van der Waals surface area contributed by atoms with Gasteiger partial charge in [-0.25, -0.2) is 0 Å². The van der Waals surface area contributed by atoms with Gasteiger partial charge < -0.3 is 10.6 Å². The average molecular weight is 311 g/mol. The van der Waals surface area contributed by atoms with Gasteiger partial charge in [-0.05, 0) is 47.7 Å². The lowest BCUT2D eigenvalue weighted by molar-refractivity contribution is -0.120. The third-order valence-electron chi connectivity index (χ3n) is 3.61. The molecule has 0 bridgehead atoms. The normalized spacial score (nSPS) is 10.6. The molecule has 0 saturated carbocycles. The number of benzene rings is 1. The zero-order valence-corrected chi connectivity index (χ0v) is 13.9. The van der Waals surface area contributed by atoms with Crippen molar-refractivity contribution in [1.29, 1.82) is 0 Å². The van der Waals surface area contributed by atoms with Gasteiger partial charge in [-0.2, -0.15) is 0 Å². The standard InChI is InChI=1S/C19H25N3O/c1-15(2)7-12-21-18-5-3-16(4-6-18)13-19(23)22-14-17-8-10-20-11-9-17/h3-6,8-11,15,21H,7,12-14H2,1-2H3,(H,22,23). The number of anilines is 1. The molecule has 4 heteroatoms. The molecule has 0 atom stereocenters. The van der Waals surface area contributed by atoms with Crippen molar-refractivity contribution in [2.24, 2.45) is 5.92 Å². The van der Waals surface area contributed by atoms with E-state index in [0.717, 1.165) is 29.8 Å². The quantitative estimate of drug-likeness (QED) is 0.785. The summed E-state index contributed by atoms with van der Waals surface area (Å²) in [5.41, 5.74) is 3.18. The Morgan fingerprint density at radius 3 is 2.39 bits per heavy atom. The van der Waals surface area contributed by atoms with Gasteiger partial charge in [-0.1, -0.05) is 26.0 Å². The molecule has 23 heavy (non-hydrogen) atoms. The van der Waals surface area contributed by atoms with E-state index in [-0.39, 0.29) is 5.91 Å². The van der Waals surface area contributed by atoms with Gasteiger partial charge in [0.1, 0.15) is 0 Å². The lowest BCUT2D eigenvalue weighted by atomic mass is 10.1. The first-order valence-electron chi connectivity index (χ1n) is 8.12. The molecule has 2 N–H and O–H groups in total. The number of hydrogen-bond acceptors (Lipinski definition) is 3. The van der Waals surface area contributed by atoms with Crippen LogP contribution >= 0.6 is 0 Å². The molecule has 0 aliphatic carbocycles. The molecule has 1 aromatic heterocycles. The van der Waals surface area contributed by atoms with E-state index in [1.807, 2.05) is 36.4 Å². The Morgan fingerprint density at radius 1 is 1.04 bits per heavy atom. The fourth-order valence-corrected chi connectivity index (χ4v) is 2.19. The summed E-state index contributed by atoms with van der Waals surface area (Å²) in [7, 11) is 0. The Hall–Kier alpha value is -2.36. The number of carbonyl (C=O) groups excluding carboxylic acids is 1. The van der Waals surface area contributed by atoms with Crippen molar-refractivity contribution < 1.29 is 4.79 Å². The molecule has 0 saturated heterocycles. The second kappa shape index (κ2) is 8.93. The lowest BCUT2D eigenvalue weighted by Gasteiger charge is -2.09. The van der Waals surface area contributed by atoms with E-state index in [1.54, 1.807) is 12.4 Å². The summed E-state index contributed by atoms with van der Waals surface area (Å²) in [4.78, 5) is 15.9. The van der Waals surface area contributed by atoms with Crippen molar-refractivity contribution in [3.63, 3.8) is 0 Å². The van der Waals surface area contributed by atoms with Crippen LogP contribution < -0.4 is 10.6 Å². The van der Waals surface area contributed by atoms with Crippen LogP contribution in [0, 0.1) is 5.92 Å². The Balaban J connectivity index is 1.75. The van der Waals surface area contributed by atoms with E-state index < -0.39 is 0 Å². The van der Waals surface area contributed by atoms with E-state index in [9.17, 15) is 4.79 Å². The molecule has 2 rings (SSSR count). The highest BCUT2D eigenvalue weighted by molar-refractivity contribution is 5.78. The van der Waals surface area contributed by atoms with Gasteiger partial charge in [-0.15, -0.1) is 0 Å². The molecule has 0 unspecified atom stereocenters. The zero-order valence-electron chi connectivity index (χ0n) is 13.9. The molecule has 1 aromatic carbocycles. The molecule has 122 valence electrons. The van der Waals surface area contributed by atoms with Gasteiger partial charge in [0.2, 0.25) is 5.91 Å². The second-order valence-electron chi connectivity index (χ2n) is 6.12. The molecule has 0 aliphatic heterocycles. The third-order valence-corrected chi connectivity index (χ3v) is 3.61. The topological polar surface area (TPSA) is 54.0 Å². The van der Waals surface area contributed by atoms with Gasteiger partial charge in [0.05, 0.1) is 6.42 Å². The number of carbonyl (C=O) groups is 1. The minimum atomic E-state index is 0.0299. The minimum absolute atomic E-state index is 0.0299. The first-order chi connectivity index (χ1) is 11.1. The number of nitrogens with one attached hydrogen (secondary N) is 2. The van der Waals surface area contributed by atoms with Crippen LogP contribution in [0.3, 0.4) is 0 Å². The van der Waals surface area contributed by atoms with Crippen LogP contribution in [-0.4, -0.2) is 17.4 Å². The second-order valence-corrected chi connectivity index (χ2v) is 6.12. The number of nitrogens with zero attached hydrogens (tertiary/aromatic N) is 1. The Bertz CT molecular complexity index is 594. The number of aromatic nitrogens is 1. The summed E-state index contributed by atoms with van der Waals surface area (Å²) in [5.74, 6) is 0.730. The fraction of sp³-hybridized carbons (Fsp3) is 0.368. The Morgan fingerprint density at radius 2 is 1.74 bits per heavy atom. The highest BCUT2D eigenvalue weighted by Crippen LogP contribution is 2.11. The maximum atomic E-state index is 12.0. The van der Waals surface area contributed by atoms with E-state index in [0.29, 0.717) is 18.9 Å². The molecule has 1 heterocycles. The van der Waals surface area contributed by atoms with E-state index in [4.69, 9.17) is 0 Å². The highest BCUT2D eigenvalue weighted by Gasteiger charge is 2.03. The predicted octanol–water partition coefficient (Wildman–Crippen LogP) is 3.40. The van der Waals surface area contributed by atoms with Crippen molar-refractivity contribution in [3.05, 3.63) is 59.9 Å². The smallest absolute Gasteiger partial charge is 0.224 e. The zero-order chi connectivity index (χ0) is 16.5. The van der Waals surface area contributed by atoms with Crippen molar-refractivity contribution in [2.75, 3.05) is 11.9 Å². The van der Waals surface area contributed by atoms with E-state index in [2.05, 4.69) is 29.5 Å². The van der Waals surface area contributed by atoms with Crippen molar-refractivity contribution in [3.8, 4) is 0 Å². The Kier molecular flexibility index (Phi) is 6.60. The third kappa shape index (κ3) is 6.51. The summed E-state index contributed by atoms with van der Waals surface area (Å²) in [6.45, 7) is 5.95. The number of amides is 1. The number of rotatable bonds is 8. The van der Waals surface area contributed by atoms with Gasteiger partial charge in [-0.3, -0.25) is 9.78 Å². The molecule has 2 aromatic rings. The SMILES string of the molecule is CC(C)CCNc1ccc(CC(=O)NCc2ccncc2)cc1. The first-order valence-corrected chi connectivity index (χ1v) is 8.12. The first kappa shape index (κ1) is 17.0. The van der Waals surface area contributed by atoms with Gasteiger partial charge in [0.15, 0.2) is 0 Å². The molecular weight excluding hydrogens is 286 g/mol. The van der Waals surface area contributed by atoms with Crippen molar-refractivity contribution in [2.45, 2.75) is 33.2 Å². The molecule has 1 amide bonds. The summed E-state index contributed by atoms with van der Waals surface area (Å²) in [6.07, 6.45) is 5.01. The molecule has 0 aliphatic rings. The maximum Gasteiger partial charge on any atom is 0.224 e. The summed E-state index contributed by atoms with van der Waals surface area (Å²) < 4.78 is 0. The van der Waals surface area contributed by atoms with E-state index in [1.165, 1.54) is 0 Å². The summed E-state index contributed by atoms with van der Waals surface area (Å²) >= 11 is 0. The van der Waals surface area contributed by atoms with Gasteiger partial charge in [0, 0.05) is 31.2 Å². The van der Waals surface area contributed by atoms with Gasteiger partial charge in [0.25, 0.3) is 0 Å². The maximum absolute atomic E-state index is 12.0. The summed E-state index contributed by atoms with van der Waals surface area (Å²) in [5, 5.41) is 6.32. The molecule has 0 fully saturated rings. The number of pyridine rings is 1. The Labute approximate surface area is 138 Å². The minimum Gasteiger partial charge on any atom is -0.385 e. The fourth-order valence-electron chi connectivity index (χ4n) is 2.19. The van der Waals surface area contributed by atoms with Crippen LogP contribution in [0.25, 0.3) is 0 Å².